The van der Waals surface area contributed by atoms with Crippen LogP contribution in [-0.2, 0) is 5.41 Å². The van der Waals surface area contributed by atoms with Gasteiger partial charge in [-0.3, -0.25) is 0 Å². The molecule has 0 bridgehead atoms. The summed E-state index contributed by atoms with van der Waals surface area (Å²) in [6, 6.07) is 8.07. The second-order valence-electron chi connectivity index (χ2n) is 9.71. The predicted molar refractivity (Wildman–Crippen MR) is 103 cm³/mol. The molecule has 0 aromatic heterocycles. The number of hydrogen-bond donors (Lipinski definition) is 2. The minimum absolute atomic E-state index is 0. The molecule has 3 nitrogen and oxygen atoms in total. The van der Waals surface area contributed by atoms with Crippen molar-refractivity contribution < 1.29 is 22.3 Å². The molecule has 0 fully saturated rings. The molecule has 2 N–H and O–H groups in total. The van der Waals surface area contributed by atoms with Crippen molar-refractivity contribution in [1.29, 1.82) is 0 Å². The molecule has 0 heterocycles. The topological polar surface area (TPSA) is 41.5 Å². The summed E-state index contributed by atoms with van der Waals surface area (Å²) in [5, 5.41) is 13.7. The highest BCUT2D eigenvalue weighted by Crippen LogP contribution is 2.31. The van der Waals surface area contributed by atoms with Crippen LogP contribution in [0.3, 0.4) is 0 Å². The summed E-state index contributed by atoms with van der Waals surface area (Å²) < 4.78 is 5.90. The number of hydrogen-bond acceptors (Lipinski definition) is 3. The fourth-order valence-corrected chi connectivity index (χ4v) is 3.24. The Morgan fingerprint density at radius 2 is 1.56 bits per heavy atom. The van der Waals surface area contributed by atoms with E-state index in [9.17, 15) is 5.11 Å². The van der Waals surface area contributed by atoms with Gasteiger partial charge >= 0.3 is 0 Å². The van der Waals surface area contributed by atoms with Crippen LogP contribution in [0.1, 0.15) is 67.4 Å². The van der Waals surface area contributed by atoms with Gasteiger partial charge in [-0.2, -0.15) is 0 Å². The molecule has 0 saturated carbocycles. The van der Waals surface area contributed by atoms with E-state index in [1.165, 1.54) is 5.56 Å². The molecule has 4 heteroatoms. The second-order valence-corrected chi connectivity index (χ2v) is 9.71. The zero-order chi connectivity index (χ0) is 18.6. The Bertz CT molecular complexity index is 515. The van der Waals surface area contributed by atoms with Crippen molar-refractivity contribution in [2.45, 2.75) is 78.9 Å². The lowest BCUT2D eigenvalue weighted by Gasteiger charge is -2.34. The molecule has 146 valence electrons. The molecule has 1 unspecified atom stereocenters. The molecule has 25 heavy (non-hydrogen) atoms. The lowest BCUT2D eigenvalue weighted by molar-refractivity contribution is -0.00000894. The van der Waals surface area contributed by atoms with E-state index in [0.29, 0.717) is 13.2 Å². The van der Waals surface area contributed by atoms with E-state index in [4.69, 9.17) is 4.74 Å². The maximum absolute atomic E-state index is 10.3. The molecular weight excluding hydrogens is 334 g/mol. The second kappa shape index (κ2) is 9.25. The Kier molecular flexibility index (Phi) is 8.96. The number of ether oxygens (including phenoxy) is 1. The smallest absolute Gasteiger partial charge is 0.123 e. The van der Waals surface area contributed by atoms with Gasteiger partial charge in [-0.25, -0.2) is 0 Å². The molecule has 1 rings (SSSR count). The van der Waals surface area contributed by atoms with Crippen LogP contribution in [0.4, 0.5) is 0 Å². The van der Waals surface area contributed by atoms with Crippen molar-refractivity contribution in [1.82, 2.24) is 5.32 Å². The first-order chi connectivity index (χ1) is 10.8. The first kappa shape index (κ1) is 24.2. The predicted octanol–water partition coefficient (Wildman–Crippen LogP) is 1.53. The average Bonchev–Trinajstić information content (AvgIpc) is 2.40. The third kappa shape index (κ3) is 9.48. The summed E-state index contributed by atoms with van der Waals surface area (Å²) in [7, 11) is 0. The van der Waals surface area contributed by atoms with Crippen LogP contribution in [0, 0.1) is 5.41 Å². The van der Waals surface area contributed by atoms with E-state index in [2.05, 4.69) is 66.8 Å². The van der Waals surface area contributed by atoms with E-state index in [1.54, 1.807) is 0 Å². The van der Waals surface area contributed by atoms with Gasteiger partial charge in [0.15, 0.2) is 0 Å². The first-order valence-corrected chi connectivity index (χ1v) is 8.96. The summed E-state index contributed by atoms with van der Waals surface area (Å²) >= 11 is 0. The molecule has 0 spiro atoms. The van der Waals surface area contributed by atoms with E-state index < -0.39 is 6.10 Å². The van der Waals surface area contributed by atoms with Crippen LogP contribution in [0.2, 0.25) is 0 Å². The number of halogens is 1. The monoisotopic (exact) mass is 370 g/mol. The zero-order valence-electron chi connectivity index (χ0n) is 17.2. The Morgan fingerprint density at radius 3 is 2.08 bits per heavy atom. The van der Waals surface area contributed by atoms with Gasteiger partial charge in [0.05, 0.1) is 0 Å². The average molecular weight is 371 g/mol. The fourth-order valence-electron chi connectivity index (χ4n) is 3.24. The van der Waals surface area contributed by atoms with E-state index in [-0.39, 0.29) is 28.8 Å². The summed E-state index contributed by atoms with van der Waals surface area (Å²) in [5.74, 6) is 0.859. The highest BCUT2D eigenvalue weighted by Gasteiger charge is 2.25. The normalized spacial score (nSPS) is 14.0. The maximum atomic E-state index is 10.3. The van der Waals surface area contributed by atoms with Crippen molar-refractivity contribution in [2.75, 3.05) is 13.2 Å². The van der Waals surface area contributed by atoms with Crippen molar-refractivity contribution in [3.05, 3.63) is 29.8 Å². The van der Waals surface area contributed by atoms with Crippen LogP contribution in [0.25, 0.3) is 0 Å². The van der Waals surface area contributed by atoms with Crippen molar-refractivity contribution >= 4 is 0 Å². The van der Waals surface area contributed by atoms with Gasteiger partial charge in [-0.15, -0.1) is 0 Å². The number of nitrogens with one attached hydrogen (secondary N) is 1. The molecule has 0 radical (unpaired) electrons. The summed E-state index contributed by atoms with van der Waals surface area (Å²) in [6.07, 6.45) is 0.512. The van der Waals surface area contributed by atoms with Gasteiger partial charge in [0.2, 0.25) is 0 Å². The standard InChI is InChI=1S/C21H37NO2.ClH/c1-19(2,3)15-21(7,8)22-13-16(23)14-24-18-12-10-9-11-17(18)20(4,5)6;/h9-12,16,22-23H,13-15H2,1-8H3;1H/p-1. The summed E-state index contributed by atoms with van der Waals surface area (Å²) in [4.78, 5) is 0. The Morgan fingerprint density at radius 1 is 1.00 bits per heavy atom. The molecular formula is C21H37ClNO2-. The third-order valence-corrected chi connectivity index (χ3v) is 3.91. The van der Waals surface area contributed by atoms with Gasteiger partial charge in [0, 0.05) is 12.1 Å². The number of aliphatic hydroxyl groups is 1. The summed E-state index contributed by atoms with van der Waals surface area (Å²) in [6.45, 7) is 18.4. The third-order valence-electron chi connectivity index (χ3n) is 3.91. The highest BCUT2D eigenvalue weighted by atomic mass is 35.5. The SMILES string of the molecule is CC(C)(C)CC(C)(C)NCC(O)COc1ccccc1C(C)(C)C.[Cl-]. The minimum atomic E-state index is -0.530. The Labute approximate surface area is 161 Å². The number of β-amino-alcohol motifs (C(OH)–C–C–N with tert-alkyl or cyclic N) is 1. The van der Waals surface area contributed by atoms with E-state index in [0.717, 1.165) is 12.2 Å². The Balaban J connectivity index is 0.00000576. The van der Waals surface area contributed by atoms with Crippen LogP contribution in [0.15, 0.2) is 24.3 Å². The van der Waals surface area contributed by atoms with Gasteiger partial charge in [-0.1, -0.05) is 59.7 Å². The molecule has 1 aromatic carbocycles. The lowest BCUT2D eigenvalue weighted by atomic mass is 9.82. The van der Waals surface area contributed by atoms with Crippen LogP contribution >= 0.6 is 0 Å². The largest absolute Gasteiger partial charge is 1.00 e. The minimum Gasteiger partial charge on any atom is -1.00 e. The highest BCUT2D eigenvalue weighted by molar-refractivity contribution is 5.38. The first-order valence-electron chi connectivity index (χ1n) is 8.96. The molecule has 0 aliphatic heterocycles. The maximum Gasteiger partial charge on any atom is 0.123 e. The molecule has 1 atom stereocenters. The molecule has 1 aromatic rings. The van der Waals surface area contributed by atoms with Crippen LogP contribution < -0.4 is 22.5 Å². The van der Waals surface area contributed by atoms with Gasteiger partial charge in [-0.05, 0) is 42.7 Å². The van der Waals surface area contributed by atoms with E-state index in [1.807, 2.05) is 18.2 Å². The molecule has 0 saturated heterocycles. The van der Waals surface area contributed by atoms with E-state index >= 15 is 0 Å². The number of para-hydroxylation sites is 1. The summed E-state index contributed by atoms with van der Waals surface area (Å²) in [5.41, 5.74) is 1.43. The number of rotatable bonds is 7. The fraction of sp³-hybridized carbons (Fsp3) is 0.714. The van der Waals surface area contributed by atoms with Gasteiger partial charge in [0.25, 0.3) is 0 Å². The van der Waals surface area contributed by atoms with Gasteiger partial charge < -0.3 is 27.6 Å². The quantitative estimate of drug-likeness (QED) is 0.764. The van der Waals surface area contributed by atoms with Crippen LogP contribution in [-0.4, -0.2) is 29.9 Å². The molecule has 0 aliphatic carbocycles. The van der Waals surface area contributed by atoms with Crippen molar-refractivity contribution in [3.63, 3.8) is 0 Å². The van der Waals surface area contributed by atoms with Crippen molar-refractivity contribution in [2.24, 2.45) is 5.41 Å². The zero-order valence-corrected chi connectivity index (χ0v) is 18.0. The number of benzene rings is 1. The van der Waals surface area contributed by atoms with Crippen LogP contribution in [0.5, 0.6) is 5.75 Å². The molecule has 0 aliphatic rings. The Hall–Kier alpha value is -0.770. The molecule has 0 amide bonds. The van der Waals surface area contributed by atoms with Crippen molar-refractivity contribution in [3.8, 4) is 5.75 Å². The lowest BCUT2D eigenvalue weighted by Crippen LogP contribution is -3.00. The van der Waals surface area contributed by atoms with Gasteiger partial charge in [0.1, 0.15) is 18.5 Å². The number of aliphatic hydroxyl groups excluding tert-OH is 1.